The molecule has 3 nitrogen and oxygen atoms in total. The largest absolute Gasteiger partial charge is 0.396 e. The van der Waals surface area contributed by atoms with Crippen LogP contribution in [0.1, 0.15) is 4.88 Å². The monoisotopic (exact) mass is 226 g/mol. The second-order valence-corrected chi connectivity index (χ2v) is 5.43. The third-order valence-electron chi connectivity index (χ3n) is 3.76. The molecule has 3 heterocycles. The van der Waals surface area contributed by atoms with Crippen LogP contribution < -0.4 is 0 Å². The molecule has 0 amide bonds. The summed E-state index contributed by atoms with van der Waals surface area (Å²) in [5.74, 6) is 0. The summed E-state index contributed by atoms with van der Waals surface area (Å²) in [6.45, 7) is 2.94. The fourth-order valence-electron chi connectivity index (χ4n) is 2.43. The van der Waals surface area contributed by atoms with Crippen LogP contribution >= 0.6 is 11.3 Å². The first-order valence-electron chi connectivity index (χ1n) is 5.13. The Bertz CT molecular complexity index is 333. The van der Waals surface area contributed by atoms with Crippen molar-refractivity contribution in [2.24, 2.45) is 5.41 Å². The van der Waals surface area contributed by atoms with Crippen LogP contribution in [0.4, 0.5) is 0 Å². The molecule has 2 aliphatic heterocycles. The molecular formula is C11H14O3S. The highest BCUT2D eigenvalue weighted by Crippen LogP contribution is 2.52. The highest BCUT2D eigenvalue weighted by molar-refractivity contribution is 7.10. The molecule has 15 heavy (non-hydrogen) atoms. The minimum absolute atomic E-state index is 0.00810. The number of ether oxygens (including phenoxy) is 2. The first-order chi connectivity index (χ1) is 7.33. The zero-order chi connectivity index (χ0) is 10.4. The molecule has 0 radical (unpaired) electrons. The minimum atomic E-state index is -0.101. The van der Waals surface area contributed by atoms with Crippen LogP contribution in [0.15, 0.2) is 17.5 Å². The Morgan fingerprint density at radius 1 is 1.27 bits per heavy atom. The fourth-order valence-corrected chi connectivity index (χ4v) is 3.46. The first kappa shape index (κ1) is 9.78. The number of aliphatic hydroxyl groups excluding tert-OH is 1. The summed E-state index contributed by atoms with van der Waals surface area (Å²) in [4.78, 5) is 1.33. The van der Waals surface area contributed by atoms with E-state index in [2.05, 4.69) is 17.5 Å². The standard InChI is InChI=1S/C11H14O3S/c12-4-10(5-13-6-10)11(7-14-8-11)9-2-1-3-15-9/h1-3,12H,4-8H2. The molecule has 3 rings (SSSR count). The zero-order valence-electron chi connectivity index (χ0n) is 8.44. The van der Waals surface area contributed by atoms with Crippen molar-refractivity contribution in [3.05, 3.63) is 22.4 Å². The Morgan fingerprint density at radius 2 is 2.00 bits per heavy atom. The molecule has 0 saturated carbocycles. The fraction of sp³-hybridized carbons (Fsp3) is 0.636. The lowest BCUT2D eigenvalue weighted by atomic mass is 9.60. The molecule has 2 fully saturated rings. The van der Waals surface area contributed by atoms with Gasteiger partial charge in [0, 0.05) is 4.88 Å². The van der Waals surface area contributed by atoms with E-state index in [9.17, 15) is 5.11 Å². The average Bonchev–Trinajstić information content (AvgIpc) is 2.60. The summed E-state index contributed by atoms with van der Waals surface area (Å²) >= 11 is 1.75. The predicted octanol–water partition coefficient (Wildman–Crippen LogP) is 1.03. The van der Waals surface area contributed by atoms with Gasteiger partial charge in [-0.2, -0.15) is 0 Å². The number of rotatable bonds is 3. The SMILES string of the molecule is OCC1(C2(c3cccs3)COC2)COC1. The van der Waals surface area contributed by atoms with E-state index in [-0.39, 0.29) is 17.4 Å². The van der Waals surface area contributed by atoms with Crippen LogP contribution in [-0.4, -0.2) is 38.1 Å². The molecule has 2 aliphatic rings. The molecule has 0 spiro atoms. The van der Waals surface area contributed by atoms with E-state index in [0.29, 0.717) is 13.2 Å². The summed E-state index contributed by atoms with van der Waals surface area (Å²) in [6, 6.07) is 4.20. The molecule has 4 heteroatoms. The summed E-state index contributed by atoms with van der Waals surface area (Å²) in [5.41, 5.74) is -0.0930. The maximum atomic E-state index is 9.61. The number of hydrogen-bond donors (Lipinski definition) is 1. The van der Waals surface area contributed by atoms with Crippen LogP contribution in [0, 0.1) is 5.41 Å². The van der Waals surface area contributed by atoms with E-state index in [1.54, 1.807) is 11.3 Å². The van der Waals surface area contributed by atoms with Crippen molar-refractivity contribution in [3.8, 4) is 0 Å². The molecule has 0 atom stereocenters. The topological polar surface area (TPSA) is 38.7 Å². The van der Waals surface area contributed by atoms with E-state index in [1.807, 2.05) is 0 Å². The quantitative estimate of drug-likeness (QED) is 0.836. The van der Waals surface area contributed by atoms with Crippen molar-refractivity contribution in [3.63, 3.8) is 0 Å². The van der Waals surface area contributed by atoms with Gasteiger partial charge in [-0.15, -0.1) is 11.3 Å². The summed E-state index contributed by atoms with van der Waals surface area (Å²) in [7, 11) is 0. The van der Waals surface area contributed by atoms with Crippen molar-refractivity contribution < 1.29 is 14.6 Å². The Balaban J connectivity index is 1.99. The smallest absolute Gasteiger partial charge is 0.0636 e. The Morgan fingerprint density at radius 3 is 2.33 bits per heavy atom. The van der Waals surface area contributed by atoms with Crippen LogP contribution in [0.3, 0.4) is 0 Å². The second kappa shape index (κ2) is 3.28. The molecule has 0 unspecified atom stereocenters. The van der Waals surface area contributed by atoms with Gasteiger partial charge in [0.05, 0.1) is 43.9 Å². The first-order valence-corrected chi connectivity index (χ1v) is 6.01. The maximum Gasteiger partial charge on any atom is 0.0636 e. The van der Waals surface area contributed by atoms with Gasteiger partial charge in [-0.1, -0.05) is 6.07 Å². The average molecular weight is 226 g/mol. The molecular weight excluding hydrogens is 212 g/mol. The van der Waals surface area contributed by atoms with Crippen LogP contribution in [0.5, 0.6) is 0 Å². The molecule has 82 valence electrons. The normalized spacial score (nSPS) is 26.7. The highest BCUT2D eigenvalue weighted by atomic mass is 32.1. The van der Waals surface area contributed by atoms with E-state index < -0.39 is 0 Å². The van der Waals surface area contributed by atoms with E-state index in [4.69, 9.17) is 9.47 Å². The lowest BCUT2D eigenvalue weighted by Crippen LogP contribution is -2.68. The van der Waals surface area contributed by atoms with E-state index >= 15 is 0 Å². The van der Waals surface area contributed by atoms with Crippen molar-refractivity contribution >= 4 is 11.3 Å². The molecule has 0 bridgehead atoms. The molecule has 1 N–H and O–H groups in total. The van der Waals surface area contributed by atoms with Gasteiger partial charge in [0.15, 0.2) is 0 Å². The maximum absolute atomic E-state index is 9.61. The highest BCUT2D eigenvalue weighted by Gasteiger charge is 2.61. The van der Waals surface area contributed by atoms with Crippen molar-refractivity contribution in [1.29, 1.82) is 0 Å². The second-order valence-electron chi connectivity index (χ2n) is 4.48. The van der Waals surface area contributed by atoms with Crippen molar-refractivity contribution in [2.45, 2.75) is 5.41 Å². The Hall–Kier alpha value is -0.420. The van der Waals surface area contributed by atoms with Crippen molar-refractivity contribution in [1.82, 2.24) is 0 Å². The Kier molecular flexibility index (Phi) is 2.14. The van der Waals surface area contributed by atoms with Gasteiger partial charge in [-0.25, -0.2) is 0 Å². The van der Waals surface area contributed by atoms with Gasteiger partial charge >= 0.3 is 0 Å². The third kappa shape index (κ3) is 1.11. The zero-order valence-corrected chi connectivity index (χ0v) is 9.26. The van der Waals surface area contributed by atoms with Crippen LogP contribution in [-0.2, 0) is 14.9 Å². The van der Waals surface area contributed by atoms with Gasteiger partial charge in [0.25, 0.3) is 0 Å². The predicted molar refractivity (Wildman–Crippen MR) is 57.2 cm³/mol. The van der Waals surface area contributed by atoms with Gasteiger partial charge in [-0.05, 0) is 11.4 Å². The molecule has 0 aromatic carbocycles. The van der Waals surface area contributed by atoms with Gasteiger partial charge in [-0.3, -0.25) is 0 Å². The lowest BCUT2D eigenvalue weighted by Gasteiger charge is -2.58. The molecule has 1 aromatic heterocycles. The number of hydrogen-bond acceptors (Lipinski definition) is 4. The van der Waals surface area contributed by atoms with E-state index in [1.165, 1.54) is 4.88 Å². The summed E-state index contributed by atoms with van der Waals surface area (Å²) in [6.07, 6.45) is 0. The molecule has 1 aromatic rings. The van der Waals surface area contributed by atoms with Crippen LogP contribution in [0.25, 0.3) is 0 Å². The molecule has 0 aliphatic carbocycles. The Labute approximate surface area is 92.6 Å². The van der Waals surface area contributed by atoms with Gasteiger partial charge < -0.3 is 14.6 Å². The number of aliphatic hydroxyl groups is 1. The number of thiophene rings is 1. The van der Waals surface area contributed by atoms with E-state index in [0.717, 1.165) is 13.2 Å². The van der Waals surface area contributed by atoms with Gasteiger partial charge in [0.2, 0.25) is 0 Å². The minimum Gasteiger partial charge on any atom is -0.396 e. The third-order valence-corrected chi connectivity index (χ3v) is 4.84. The molecule has 2 saturated heterocycles. The summed E-state index contributed by atoms with van der Waals surface area (Å²) < 4.78 is 10.7. The lowest BCUT2D eigenvalue weighted by molar-refractivity contribution is -0.241. The van der Waals surface area contributed by atoms with Crippen LogP contribution in [0.2, 0.25) is 0 Å². The summed E-state index contributed by atoms with van der Waals surface area (Å²) in [5, 5.41) is 11.7. The van der Waals surface area contributed by atoms with Crippen molar-refractivity contribution in [2.75, 3.05) is 33.0 Å². The van der Waals surface area contributed by atoms with Gasteiger partial charge in [0.1, 0.15) is 0 Å².